The van der Waals surface area contributed by atoms with E-state index in [4.69, 9.17) is 5.73 Å². The summed E-state index contributed by atoms with van der Waals surface area (Å²) < 4.78 is 0. The number of nitrogens with two attached hydrogens (primary N) is 1. The van der Waals surface area contributed by atoms with Crippen LogP contribution in [0, 0.1) is 5.92 Å². The smallest absolute Gasteiger partial charge is 0.0246 e. The SMILES string of the molecule is NCC(C1CCCCCC1)N1CCCCCC1. The third-order valence-corrected chi connectivity index (χ3v) is 4.80. The molecule has 1 heterocycles. The third-order valence-electron chi connectivity index (χ3n) is 4.80. The molecular weight excluding hydrogens is 208 g/mol. The lowest BCUT2D eigenvalue weighted by atomic mass is 9.90. The van der Waals surface area contributed by atoms with Crippen molar-refractivity contribution in [3.05, 3.63) is 0 Å². The van der Waals surface area contributed by atoms with Crippen LogP contribution in [0.2, 0.25) is 0 Å². The molecule has 1 saturated carbocycles. The quantitative estimate of drug-likeness (QED) is 0.765. The molecule has 1 saturated heterocycles. The standard InChI is InChI=1S/C15H30N2/c16-13-15(14-9-5-1-2-6-10-14)17-11-7-3-4-8-12-17/h14-15H,1-13,16H2. The van der Waals surface area contributed by atoms with Gasteiger partial charge in [0.05, 0.1) is 0 Å². The normalized spacial score (nSPS) is 27.4. The van der Waals surface area contributed by atoms with E-state index >= 15 is 0 Å². The van der Waals surface area contributed by atoms with Crippen LogP contribution in [0.3, 0.4) is 0 Å². The first-order chi connectivity index (χ1) is 8.42. The summed E-state index contributed by atoms with van der Waals surface area (Å²) in [6.45, 7) is 3.49. The molecule has 100 valence electrons. The zero-order chi connectivity index (χ0) is 11.9. The minimum Gasteiger partial charge on any atom is -0.329 e. The molecule has 1 unspecified atom stereocenters. The van der Waals surface area contributed by atoms with Gasteiger partial charge < -0.3 is 5.73 Å². The maximum atomic E-state index is 6.09. The van der Waals surface area contributed by atoms with Crippen molar-refractivity contribution in [1.29, 1.82) is 0 Å². The Hall–Kier alpha value is -0.0800. The Morgan fingerprint density at radius 1 is 0.824 bits per heavy atom. The summed E-state index contributed by atoms with van der Waals surface area (Å²) in [6.07, 6.45) is 14.3. The highest BCUT2D eigenvalue weighted by atomic mass is 15.2. The molecule has 0 amide bonds. The summed E-state index contributed by atoms with van der Waals surface area (Å²) in [4.78, 5) is 2.73. The molecule has 2 nitrogen and oxygen atoms in total. The minimum atomic E-state index is 0.686. The third kappa shape index (κ3) is 3.96. The summed E-state index contributed by atoms with van der Waals surface area (Å²) in [5, 5.41) is 0. The van der Waals surface area contributed by atoms with E-state index in [-0.39, 0.29) is 0 Å². The number of rotatable bonds is 3. The molecule has 2 N–H and O–H groups in total. The van der Waals surface area contributed by atoms with Crippen LogP contribution in [0.15, 0.2) is 0 Å². The molecule has 0 aromatic rings. The number of likely N-dealkylation sites (tertiary alicyclic amines) is 1. The van der Waals surface area contributed by atoms with E-state index in [1.807, 2.05) is 0 Å². The lowest BCUT2D eigenvalue weighted by molar-refractivity contribution is 0.140. The van der Waals surface area contributed by atoms with Gasteiger partial charge in [-0.2, -0.15) is 0 Å². The molecule has 0 aromatic heterocycles. The van der Waals surface area contributed by atoms with Gasteiger partial charge in [-0.25, -0.2) is 0 Å². The molecule has 1 atom stereocenters. The van der Waals surface area contributed by atoms with Crippen molar-refractivity contribution in [2.75, 3.05) is 19.6 Å². The van der Waals surface area contributed by atoms with E-state index in [1.165, 1.54) is 77.3 Å². The van der Waals surface area contributed by atoms with Gasteiger partial charge in [-0.15, -0.1) is 0 Å². The Kier molecular flexibility index (Phi) is 5.79. The van der Waals surface area contributed by atoms with Crippen LogP contribution in [0.1, 0.15) is 64.2 Å². The predicted molar refractivity (Wildman–Crippen MR) is 74.1 cm³/mol. The van der Waals surface area contributed by atoms with Gasteiger partial charge in [-0.1, -0.05) is 38.5 Å². The van der Waals surface area contributed by atoms with Crippen molar-refractivity contribution in [2.45, 2.75) is 70.3 Å². The van der Waals surface area contributed by atoms with Gasteiger partial charge in [0.25, 0.3) is 0 Å². The number of hydrogen-bond acceptors (Lipinski definition) is 2. The topological polar surface area (TPSA) is 29.3 Å². The van der Waals surface area contributed by atoms with Gasteiger partial charge >= 0.3 is 0 Å². The molecule has 1 aliphatic heterocycles. The Labute approximate surface area is 107 Å². The van der Waals surface area contributed by atoms with Gasteiger partial charge in [0.1, 0.15) is 0 Å². The van der Waals surface area contributed by atoms with E-state index in [2.05, 4.69) is 4.90 Å². The second-order valence-corrected chi connectivity index (χ2v) is 6.00. The molecule has 1 aliphatic carbocycles. The van der Waals surface area contributed by atoms with Crippen LogP contribution < -0.4 is 5.73 Å². The number of nitrogens with zero attached hydrogens (tertiary/aromatic N) is 1. The van der Waals surface area contributed by atoms with Gasteiger partial charge in [0.15, 0.2) is 0 Å². The number of hydrogen-bond donors (Lipinski definition) is 1. The zero-order valence-electron chi connectivity index (χ0n) is 11.4. The maximum absolute atomic E-state index is 6.09. The average molecular weight is 238 g/mol. The molecule has 17 heavy (non-hydrogen) atoms. The van der Waals surface area contributed by atoms with Gasteiger partial charge in [-0.3, -0.25) is 4.90 Å². The van der Waals surface area contributed by atoms with E-state index < -0.39 is 0 Å². The highest BCUT2D eigenvalue weighted by Crippen LogP contribution is 2.28. The van der Waals surface area contributed by atoms with E-state index in [1.54, 1.807) is 0 Å². The lowest BCUT2D eigenvalue weighted by Crippen LogP contribution is -2.46. The average Bonchev–Trinajstić information content (AvgIpc) is 2.75. The fourth-order valence-electron chi connectivity index (χ4n) is 3.76. The largest absolute Gasteiger partial charge is 0.329 e. The monoisotopic (exact) mass is 238 g/mol. The predicted octanol–water partition coefficient (Wildman–Crippen LogP) is 3.16. The Balaban J connectivity index is 1.92. The molecule has 0 spiro atoms. The highest BCUT2D eigenvalue weighted by molar-refractivity contribution is 4.83. The first kappa shape index (κ1) is 13.4. The first-order valence-electron chi connectivity index (χ1n) is 7.86. The van der Waals surface area contributed by atoms with Crippen LogP contribution in [0.25, 0.3) is 0 Å². The first-order valence-corrected chi connectivity index (χ1v) is 7.86. The molecule has 0 bridgehead atoms. The van der Waals surface area contributed by atoms with Crippen LogP contribution in [-0.4, -0.2) is 30.6 Å². The van der Waals surface area contributed by atoms with Crippen molar-refractivity contribution < 1.29 is 0 Å². The lowest BCUT2D eigenvalue weighted by Gasteiger charge is -2.35. The summed E-state index contributed by atoms with van der Waals surface area (Å²) in [6, 6.07) is 0.686. The van der Waals surface area contributed by atoms with Crippen LogP contribution >= 0.6 is 0 Å². The second kappa shape index (κ2) is 7.38. The summed E-state index contributed by atoms with van der Waals surface area (Å²) in [5.41, 5.74) is 6.09. The summed E-state index contributed by atoms with van der Waals surface area (Å²) in [5.74, 6) is 0.889. The molecular formula is C15H30N2. The van der Waals surface area contributed by atoms with E-state index in [9.17, 15) is 0 Å². The van der Waals surface area contributed by atoms with Crippen molar-refractivity contribution in [2.24, 2.45) is 11.7 Å². The fraction of sp³-hybridized carbons (Fsp3) is 1.00. The van der Waals surface area contributed by atoms with Gasteiger partial charge in [0.2, 0.25) is 0 Å². The highest BCUT2D eigenvalue weighted by Gasteiger charge is 2.27. The van der Waals surface area contributed by atoms with Crippen molar-refractivity contribution in [3.63, 3.8) is 0 Å². The van der Waals surface area contributed by atoms with Crippen LogP contribution in [0.5, 0.6) is 0 Å². The molecule has 2 rings (SSSR count). The van der Waals surface area contributed by atoms with Crippen molar-refractivity contribution >= 4 is 0 Å². The minimum absolute atomic E-state index is 0.686. The van der Waals surface area contributed by atoms with E-state index in [0.29, 0.717) is 6.04 Å². The van der Waals surface area contributed by atoms with Crippen LogP contribution in [-0.2, 0) is 0 Å². The molecule has 0 aromatic carbocycles. The van der Waals surface area contributed by atoms with E-state index in [0.717, 1.165) is 12.5 Å². The fourth-order valence-corrected chi connectivity index (χ4v) is 3.76. The molecule has 0 radical (unpaired) electrons. The zero-order valence-corrected chi connectivity index (χ0v) is 11.4. The Bertz CT molecular complexity index is 169. The van der Waals surface area contributed by atoms with Gasteiger partial charge in [0, 0.05) is 12.6 Å². The van der Waals surface area contributed by atoms with Crippen molar-refractivity contribution in [3.8, 4) is 0 Å². The maximum Gasteiger partial charge on any atom is 0.0246 e. The molecule has 2 fully saturated rings. The van der Waals surface area contributed by atoms with Crippen molar-refractivity contribution in [1.82, 2.24) is 4.90 Å². The van der Waals surface area contributed by atoms with Gasteiger partial charge in [-0.05, 0) is 44.7 Å². The molecule has 2 heteroatoms. The Morgan fingerprint density at radius 3 is 1.88 bits per heavy atom. The molecule has 2 aliphatic rings. The Morgan fingerprint density at radius 2 is 1.35 bits per heavy atom. The summed E-state index contributed by atoms with van der Waals surface area (Å²) >= 11 is 0. The second-order valence-electron chi connectivity index (χ2n) is 6.00. The summed E-state index contributed by atoms with van der Waals surface area (Å²) in [7, 11) is 0. The van der Waals surface area contributed by atoms with Crippen LogP contribution in [0.4, 0.5) is 0 Å².